The summed E-state index contributed by atoms with van der Waals surface area (Å²) in [6, 6.07) is -28.0. The van der Waals surface area contributed by atoms with Crippen molar-refractivity contribution in [2.75, 3.05) is 0 Å². The fourth-order valence-electron chi connectivity index (χ4n) is 6.29. The van der Waals surface area contributed by atoms with Gasteiger partial charge in [0.2, 0.25) is 0 Å². The SMILES string of the molecule is [2H]c1c([2H])c(-c2c([2H])c([2H])c3c([2H])c([2H])c4c([2H])c([2H])c([2H])c([2H])c4c3c2[2H])c([2H])c(-c2c3c([2H])c([2H])c([2H])c([2H])c3c(-c3c([2H])c([2H])c4oc5c6c([2H])c([2H])c([2H])c([2H])c6c([2H])c([2H])c5c4c3[2H])c3c([2H])c([2H])c([2H])c([2H])c23)c1[2H]. The van der Waals surface area contributed by atoms with Gasteiger partial charge in [0, 0.05) is 16.2 Å². The van der Waals surface area contributed by atoms with E-state index >= 15 is 0 Å². The molecule has 1 heterocycles. The highest BCUT2D eigenvalue weighted by atomic mass is 16.3. The van der Waals surface area contributed by atoms with Crippen molar-refractivity contribution in [1.29, 1.82) is 0 Å². The van der Waals surface area contributed by atoms with Crippen LogP contribution in [0.2, 0.25) is 0 Å². The molecule has 11 rings (SSSR count). The van der Waals surface area contributed by atoms with Crippen LogP contribution in [0.15, 0.2) is 186 Å². The Morgan fingerprint density at radius 2 is 0.765 bits per heavy atom. The number of hydrogen-bond acceptors (Lipinski definition) is 1. The number of furan rings is 1. The van der Waals surface area contributed by atoms with Gasteiger partial charge in [-0.25, -0.2) is 0 Å². The van der Waals surface area contributed by atoms with Crippen LogP contribution in [0, 0.1) is 0 Å². The third kappa shape index (κ3) is 4.28. The smallest absolute Gasteiger partial charge is 0.143 e. The Hall–Kier alpha value is -6.70. The van der Waals surface area contributed by atoms with Crippen LogP contribution in [0.1, 0.15) is 41.1 Å². The quantitative estimate of drug-likeness (QED) is 0.134. The summed E-state index contributed by atoms with van der Waals surface area (Å²) in [5, 5.41) is -7.45. The van der Waals surface area contributed by atoms with Gasteiger partial charge in [-0.1, -0.05) is 151 Å². The maximum Gasteiger partial charge on any atom is 0.143 e. The van der Waals surface area contributed by atoms with Crippen molar-refractivity contribution in [2.24, 2.45) is 0 Å². The van der Waals surface area contributed by atoms with Crippen molar-refractivity contribution >= 4 is 75.8 Å². The normalized spacial score (nSPS) is 20.2. The van der Waals surface area contributed by atoms with Crippen molar-refractivity contribution in [2.45, 2.75) is 0 Å². The number of hydrogen-bond donors (Lipinski definition) is 0. The predicted molar refractivity (Wildman–Crippen MR) is 218 cm³/mol. The highest BCUT2D eigenvalue weighted by molar-refractivity contribution is 6.23. The fourth-order valence-corrected chi connectivity index (χ4v) is 6.29. The minimum Gasteiger partial charge on any atom is -0.455 e. The molecule has 0 N–H and O–H groups in total. The van der Waals surface area contributed by atoms with Crippen molar-refractivity contribution in [3.05, 3.63) is 181 Å². The zero-order chi connectivity index (χ0) is 59.6. The van der Waals surface area contributed by atoms with E-state index in [2.05, 4.69) is 0 Å². The molecule has 10 aromatic carbocycles. The molecule has 0 fully saturated rings. The lowest BCUT2D eigenvalue weighted by Crippen LogP contribution is -1.91. The largest absolute Gasteiger partial charge is 0.455 e. The molecule has 0 aliphatic heterocycles. The summed E-state index contributed by atoms with van der Waals surface area (Å²) in [6.45, 7) is 0. The Morgan fingerprint density at radius 1 is 0.294 bits per heavy atom. The summed E-state index contributed by atoms with van der Waals surface area (Å²) in [6.07, 6.45) is 0. The molecular weight excluding hydrogens is 617 g/mol. The van der Waals surface area contributed by atoms with E-state index in [1.807, 2.05) is 0 Å². The second kappa shape index (κ2) is 10.9. The average Bonchev–Trinajstić information content (AvgIpc) is 2.58. The van der Waals surface area contributed by atoms with E-state index in [-0.39, 0.29) is 0 Å². The highest BCUT2D eigenvalue weighted by Gasteiger charge is 2.19. The molecule has 0 spiro atoms. The van der Waals surface area contributed by atoms with Crippen molar-refractivity contribution in [3.8, 4) is 33.4 Å². The van der Waals surface area contributed by atoms with E-state index in [1.54, 1.807) is 0 Å². The Labute approximate surface area is 336 Å². The number of benzene rings is 10. The molecule has 0 aliphatic rings. The molecule has 0 saturated carbocycles. The van der Waals surface area contributed by atoms with Gasteiger partial charge in [0.25, 0.3) is 0 Å². The minimum atomic E-state index is -1.13. The molecular formula is C50H30O. The van der Waals surface area contributed by atoms with Gasteiger partial charge in [0.05, 0.1) is 41.1 Å². The number of rotatable bonds is 3. The molecule has 0 atom stereocenters. The van der Waals surface area contributed by atoms with Gasteiger partial charge in [-0.2, -0.15) is 0 Å². The fraction of sp³-hybridized carbons (Fsp3) is 0. The summed E-state index contributed by atoms with van der Waals surface area (Å²) in [5.41, 5.74) is -6.25. The van der Waals surface area contributed by atoms with E-state index in [9.17, 15) is 17.8 Å². The molecule has 0 saturated heterocycles. The first-order chi connectivity index (χ1) is 37.8. The maximum absolute atomic E-state index is 9.95. The third-order valence-electron chi connectivity index (χ3n) is 8.50. The summed E-state index contributed by atoms with van der Waals surface area (Å²) in [7, 11) is 0. The van der Waals surface area contributed by atoms with Gasteiger partial charge in [-0.15, -0.1) is 0 Å². The minimum absolute atomic E-state index is 0.435. The first-order valence-corrected chi connectivity index (χ1v) is 15.2. The van der Waals surface area contributed by atoms with Gasteiger partial charge in [0.1, 0.15) is 11.2 Å². The van der Waals surface area contributed by atoms with E-state index in [1.165, 1.54) is 0 Å². The van der Waals surface area contributed by atoms with Crippen molar-refractivity contribution in [3.63, 3.8) is 0 Å². The lowest BCUT2D eigenvalue weighted by atomic mass is 9.85. The Balaban J connectivity index is 1.38. The maximum atomic E-state index is 9.95. The number of fused-ring (bicyclic) bond motifs is 10. The summed E-state index contributed by atoms with van der Waals surface area (Å²) in [4.78, 5) is 0. The monoisotopic (exact) mass is 676 g/mol. The third-order valence-corrected chi connectivity index (χ3v) is 8.50. The van der Waals surface area contributed by atoms with Crippen LogP contribution in [-0.4, -0.2) is 0 Å². The second-order valence-electron chi connectivity index (χ2n) is 11.3. The predicted octanol–water partition coefficient (Wildman–Crippen LogP) is 14.4. The van der Waals surface area contributed by atoms with E-state index in [4.69, 9.17) is 27.7 Å². The molecule has 0 amide bonds. The molecule has 11 aromatic rings. The molecule has 51 heavy (non-hydrogen) atoms. The van der Waals surface area contributed by atoms with Crippen LogP contribution in [0.4, 0.5) is 0 Å². The van der Waals surface area contributed by atoms with Crippen LogP contribution in [0.25, 0.3) is 109 Å². The molecule has 236 valence electrons. The summed E-state index contributed by atoms with van der Waals surface area (Å²) < 4.78 is 279. The van der Waals surface area contributed by atoms with E-state index in [0.717, 1.165) is 0 Å². The van der Waals surface area contributed by atoms with Gasteiger partial charge in [-0.3, -0.25) is 0 Å². The second-order valence-corrected chi connectivity index (χ2v) is 11.3. The topological polar surface area (TPSA) is 13.1 Å². The van der Waals surface area contributed by atoms with Gasteiger partial charge in [0.15, 0.2) is 0 Å². The lowest BCUT2D eigenvalue weighted by Gasteiger charge is -2.18. The summed E-state index contributed by atoms with van der Waals surface area (Å²) >= 11 is 0. The van der Waals surface area contributed by atoms with Gasteiger partial charge >= 0.3 is 0 Å². The van der Waals surface area contributed by atoms with E-state index < -0.39 is 290 Å². The van der Waals surface area contributed by atoms with Crippen LogP contribution in [0.5, 0.6) is 0 Å². The zero-order valence-corrected chi connectivity index (χ0v) is 25.4. The van der Waals surface area contributed by atoms with Crippen molar-refractivity contribution in [1.82, 2.24) is 0 Å². The first-order valence-electron chi connectivity index (χ1n) is 30.2. The van der Waals surface area contributed by atoms with Crippen LogP contribution in [-0.2, 0) is 0 Å². The Bertz CT molecular complexity index is 4850. The Morgan fingerprint density at radius 3 is 1.47 bits per heavy atom. The molecule has 0 bridgehead atoms. The zero-order valence-electron chi connectivity index (χ0n) is 55.4. The standard InChI is InChI=1S/C50H30O/c1-3-14-38-31(10-1)20-21-33-22-23-35(29-45(33)38)34-12-9-13-36(28-34)48-40-16-5-7-18-42(40)49(43-19-8-6-17-41(43)48)37-25-27-47-46(30-37)44-26-24-32-11-2-4-15-39(32)50(44)51-47/h1-30H/i1D,2D,3D,4D,5D,6D,7D,8D,9D,10D,11D,12D,13D,14D,15D,16D,17D,18D,19D,20D,21D,22D,23D,24D,25D,26D,27D,28D,29D,30D. The molecule has 1 aromatic heterocycles. The van der Waals surface area contributed by atoms with E-state index in [0.29, 0.717) is 0 Å². The van der Waals surface area contributed by atoms with Gasteiger partial charge < -0.3 is 4.42 Å². The highest BCUT2D eigenvalue weighted by Crippen LogP contribution is 2.46. The molecule has 1 heteroatoms. The molecule has 1 nitrogen and oxygen atoms in total. The van der Waals surface area contributed by atoms with Gasteiger partial charge in [-0.05, 0) is 112 Å². The van der Waals surface area contributed by atoms with Crippen LogP contribution >= 0.6 is 0 Å². The summed E-state index contributed by atoms with van der Waals surface area (Å²) in [5.74, 6) is 0. The van der Waals surface area contributed by atoms with Crippen molar-refractivity contribution < 1.29 is 45.5 Å². The Kier molecular flexibility index (Phi) is 2.50. The molecule has 0 radical (unpaired) electrons. The average molecular weight is 677 g/mol. The van der Waals surface area contributed by atoms with Crippen LogP contribution in [0.3, 0.4) is 0 Å². The first kappa shape index (κ1) is 11.7. The molecule has 0 unspecified atom stereocenters. The van der Waals surface area contributed by atoms with Crippen LogP contribution < -0.4 is 0 Å². The lowest BCUT2D eigenvalue weighted by molar-refractivity contribution is 0.672. The molecule has 0 aliphatic carbocycles.